The highest BCUT2D eigenvalue weighted by molar-refractivity contribution is 5.77. The first-order valence-electron chi connectivity index (χ1n) is 10.2. The van der Waals surface area contributed by atoms with Crippen LogP contribution in [-0.4, -0.2) is 34.6 Å². The van der Waals surface area contributed by atoms with Gasteiger partial charge < -0.3 is 10.0 Å². The normalized spacial score (nSPS) is 20.6. The van der Waals surface area contributed by atoms with Gasteiger partial charge in [0.05, 0.1) is 6.10 Å². The minimum Gasteiger partial charge on any atom is -0.393 e. The van der Waals surface area contributed by atoms with E-state index < -0.39 is 0 Å². The van der Waals surface area contributed by atoms with E-state index in [4.69, 9.17) is 0 Å². The summed E-state index contributed by atoms with van der Waals surface area (Å²) in [4.78, 5) is 15.1. The second-order valence-electron chi connectivity index (χ2n) is 10.8. The summed E-state index contributed by atoms with van der Waals surface area (Å²) in [6.07, 6.45) is 4.39. The van der Waals surface area contributed by atoms with Crippen LogP contribution in [0.15, 0.2) is 0 Å². The molecule has 2 atom stereocenters. The van der Waals surface area contributed by atoms with Crippen LogP contribution < -0.4 is 0 Å². The minimum absolute atomic E-state index is 0.0104. The number of hydrogen-bond donors (Lipinski definition) is 1. The predicted molar refractivity (Wildman–Crippen MR) is 106 cm³/mol. The Hall–Kier alpha value is -0.570. The van der Waals surface area contributed by atoms with Crippen LogP contribution in [0.2, 0.25) is 0 Å². The molecule has 0 aromatic rings. The van der Waals surface area contributed by atoms with Crippen LogP contribution in [0.5, 0.6) is 0 Å². The molecule has 0 radical (unpaired) electrons. The van der Waals surface area contributed by atoms with Crippen LogP contribution in [0.25, 0.3) is 0 Å². The van der Waals surface area contributed by atoms with E-state index in [1.807, 2.05) is 0 Å². The van der Waals surface area contributed by atoms with Gasteiger partial charge in [0.25, 0.3) is 0 Å². The van der Waals surface area contributed by atoms with Crippen LogP contribution in [0, 0.1) is 22.2 Å². The Morgan fingerprint density at radius 1 is 1.00 bits per heavy atom. The highest BCUT2D eigenvalue weighted by Gasteiger charge is 2.51. The van der Waals surface area contributed by atoms with E-state index in [0.717, 1.165) is 32.2 Å². The van der Waals surface area contributed by atoms with Gasteiger partial charge in [-0.1, -0.05) is 68.7 Å². The molecule has 0 aromatic carbocycles. The summed E-state index contributed by atoms with van der Waals surface area (Å²) in [7, 11) is 0. The summed E-state index contributed by atoms with van der Waals surface area (Å²) in [5.41, 5.74) is -0.202. The number of carbonyl (C=O) groups excluding carboxylic acids is 1. The van der Waals surface area contributed by atoms with E-state index >= 15 is 0 Å². The van der Waals surface area contributed by atoms with Crippen molar-refractivity contribution in [1.82, 2.24) is 4.90 Å². The van der Waals surface area contributed by atoms with Gasteiger partial charge in [0.15, 0.2) is 0 Å². The van der Waals surface area contributed by atoms with Gasteiger partial charge in [0.1, 0.15) is 0 Å². The molecule has 0 spiro atoms. The lowest BCUT2D eigenvalue weighted by atomic mass is 9.56. The molecule has 0 saturated carbocycles. The molecular weight excluding hydrogens is 310 g/mol. The number of aliphatic hydroxyl groups is 1. The minimum atomic E-state index is -0.310. The van der Waals surface area contributed by atoms with Crippen LogP contribution in [0.4, 0.5) is 0 Å². The van der Waals surface area contributed by atoms with E-state index in [9.17, 15) is 9.90 Å². The third-order valence-corrected chi connectivity index (χ3v) is 6.66. The first-order chi connectivity index (χ1) is 11.2. The molecule has 148 valence electrons. The van der Waals surface area contributed by atoms with Crippen molar-refractivity contribution in [3.8, 4) is 0 Å². The van der Waals surface area contributed by atoms with Crippen molar-refractivity contribution in [2.45, 2.75) is 107 Å². The quantitative estimate of drug-likeness (QED) is 0.707. The van der Waals surface area contributed by atoms with E-state index in [-0.39, 0.29) is 34.3 Å². The molecular formula is C22H43NO2. The molecule has 1 aliphatic heterocycles. The number of hydrogen-bond acceptors (Lipinski definition) is 2. The lowest BCUT2D eigenvalue weighted by Gasteiger charge is -2.56. The standard InChI is InChI=1S/C22H43NO2/c1-16(2)17(24)15-21(6,7)22(8,9)19(20(3,4)5)23-14-12-10-11-13-18(23)25/h16-17,19,24H,10-15H2,1-9H3. The zero-order valence-electron chi connectivity index (χ0n) is 18.3. The Morgan fingerprint density at radius 2 is 1.56 bits per heavy atom. The summed E-state index contributed by atoms with van der Waals surface area (Å²) in [5.74, 6) is 0.564. The summed E-state index contributed by atoms with van der Waals surface area (Å²) < 4.78 is 0. The molecule has 2 unspecified atom stereocenters. The molecule has 0 bridgehead atoms. The molecule has 0 aromatic heterocycles. The Morgan fingerprint density at radius 3 is 2.04 bits per heavy atom. The molecule has 1 N–H and O–H groups in total. The van der Waals surface area contributed by atoms with Gasteiger partial charge in [-0.05, 0) is 41.4 Å². The second-order valence-corrected chi connectivity index (χ2v) is 10.8. The van der Waals surface area contributed by atoms with Gasteiger partial charge in [-0.15, -0.1) is 0 Å². The molecule has 1 rings (SSSR count). The van der Waals surface area contributed by atoms with Crippen molar-refractivity contribution in [1.29, 1.82) is 0 Å². The number of rotatable bonds is 6. The van der Waals surface area contributed by atoms with Crippen molar-refractivity contribution in [3.63, 3.8) is 0 Å². The van der Waals surface area contributed by atoms with Crippen molar-refractivity contribution in [2.75, 3.05) is 6.54 Å². The van der Waals surface area contributed by atoms with Crippen molar-refractivity contribution < 1.29 is 9.90 Å². The first kappa shape index (κ1) is 22.5. The Balaban J connectivity index is 3.25. The SMILES string of the molecule is CC(C)C(O)CC(C)(C)C(C)(C)C(N1CCCCCC1=O)C(C)(C)C. The van der Waals surface area contributed by atoms with E-state index in [1.54, 1.807) is 0 Å². The number of amides is 1. The molecule has 3 nitrogen and oxygen atoms in total. The van der Waals surface area contributed by atoms with Crippen molar-refractivity contribution in [3.05, 3.63) is 0 Å². The Bertz CT molecular complexity index is 445. The van der Waals surface area contributed by atoms with Gasteiger partial charge in [0, 0.05) is 19.0 Å². The van der Waals surface area contributed by atoms with Gasteiger partial charge in [0.2, 0.25) is 5.91 Å². The number of nitrogens with zero attached hydrogens (tertiary/aromatic N) is 1. The Kier molecular flexibility index (Phi) is 7.17. The number of aliphatic hydroxyl groups excluding tert-OH is 1. The molecule has 1 fully saturated rings. The van der Waals surface area contributed by atoms with E-state index in [1.165, 1.54) is 0 Å². The van der Waals surface area contributed by atoms with Gasteiger partial charge in [-0.2, -0.15) is 0 Å². The molecule has 1 aliphatic rings. The van der Waals surface area contributed by atoms with Crippen molar-refractivity contribution >= 4 is 5.91 Å². The average Bonchev–Trinajstić information content (AvgIpc) is 2.61. The molecule has 3 heteroatoms. The number of carbonyl (C=O) groups is 1. The summed E-state index contributed by atoms with van der Waals surface area (Å²) in [6.45, 7) is 20.9. The smallest absolute Gasteiger partial charge is 0.222 e. The maximum absolute atomic E-state index is 12.9. The maximum Gasteiger partial charge on any atom is 0.222 e. The monoisotopic (exact) mass is 353 g/mol. The second kappa shape index (κ2) is 7.98. The van der Waals surface area contributed by atoms with Crippen molar-refractivity contribution in [2.24, 2.45) is 22.2 Å². The topological polar surface area (TPSA) is 40.5 Å². The van der Waals surface area contributed by atoms with Crippen LogP contribution >= 0.6 is 0 Å². The van der Waals surface area contributed by atoms with E-state index in [0.29, 0.717) is 12.3 Å². The number of likely N-dealkylation sites (tertiary alicyclic amines) is 1. The third-order valence-electron chi connectivity index (χ3n) is 6.66. The fraction of sp³-hybridized carbons (Fsp3) is 0.955. The molecule has 1 amide bonds. The van der Waals surface area contributed by atoms with Gasteiger partial charge in [-0.3, -0.25) is 4.79 Å². The largest absolute Gasteiger partial charge is 0.393 e. The van der Waals surface area contributed by atoms with Crippen LogP contribution in [-0.2, 0) is 4.79 Å². The van der Waals surface area contributed by atoms with Crippen LogP contribution in [0.1, 0.15) is 94.4 Å². The Labute approximate surface area is 156 Å². The van der Waals surface area contributed by atoms with Gasteiger partial charge in [-0.25, -0.2) is 0 Å². The lowest BCUT2D eigenvalue weighted by molar-refractivity contribution is -0.145. The highest BCUT2D eigenvalue weighted by Crippen LogP contribution is 2.51. The maximum atomic E-state index is 12.9. The molecule has 1 heterocycles. The highest BCUT2D eigenvalue weighted by atomic mass is 16.3. The first-order valence-corrected chi connectivity index (χ1v) is 10.2. The zero-order chi connectivity index (χ0) is 19.6. The van der Waals surface area contributed by atoms with Gasteiger partial charge >= 0.3 is 0 Å². The summed E-state index contributed by atoms with van der Waals surface area (Å²) >= 11 is 0. The lowest BCUT2D eigenvalue weighted by Crippen LogP contribution is -2.59. The molecule has 0 aliphatic carbocycles. The molecule has 25 heavy (non-hydrogen) atoms. The molecule has 1 saturated heterocycles. The third kappa shape index (κ3) is 5.21. The van der Waals surface area contributed by atoms with E-state index in [2.05, 4.69) is 67.2 Å². The summed E-state index contributed by atoms with van der Waals surface area (Å²) in [6, 6.07) is 0.153. The summed E-state index contributed by atoms with van der Waals surface area (Å²) in [5, 5.41) is 10.5. The van der Waals surface area contributed by atoms with Crippen LogP contribution in [0.3, 0.4) is 0 Å². The average molecular weight is 354 g/mol. The fourth-order valence-corrected chi connectivity index (χ4v) is 4.61. The zero-order valence-corrected chi connectivity index (χ0v) is 18.3. The fourth-order valence-electron chi connectivity index (χ4n) is 4.61. The predicted octanol–water partition coefficient (Wildman–Crippen LogP) is 5.26.